The molecule has 0 saturated carbocycles. The number of amides is 1. The molecule has 0 aromatic heterocycles. The maximum Gasteiger partial charge on any atom is 0.236 e. The van der Waals surface area contributed by atoms with Gasteiger partial charge in [-0.15, -0.1) is 24.0 Å². The molecule has 1 amide bonds. The van der Waals surface area contributed by atoms with Crippen molar-refractivity contribution in [2.24, 2.45) is 4.99 Å². The summed E-state index contributed by atoms with van der Waals surface area (Å²) >= 11 is 0. The van der Waals surface area contributed by atoms with Crippen molar-refractivity contribution in [3.8, 4) is 0 Å². The Morgan fingerprint density at radius 3 is 2.39 bits per heavy atom. The number of aliphatic imine (C=N–C) groups is 1. The number of hydrogen-bond acceptors (Lipinski definition) is 4. The van der Waals surface area contributed by atoms with Crippen LogP contribution in [0.4, 0.5) is 0 Å². The lowest BCUT2D eigenvalue weighted by atomic mass is 10.1. The molecule has 1 aromatic carbocycles. The van der Waals surface area contributed by atoms with Gasteiger partial charge in [-0.25, -0.2) is 0 Å². The fourth-order valence-electron chi connectivity index (χ4n) is 3.96. The molecular weight excluding hydrogens is 505 g/mol. The molecule has 3 rings (SSSR count). The average Bonchev–Trinajstić information content (AvgIpc) is 2.80. The van der Waals surface area contributed by atoms with Crippen LogP contribution in [-0.4, -0.2) is 92.1 Å². The molecule has 2 fully saturated rings. The van der Waals surface area contributed by atoms with Gasteiger partial charge in [0.1, 0.15) is 0 Å². The molecule has 0 radical (unpaired) electrons. The Hall–Kier alpha value is -1.39. The minimum Gasteiger partial charge on any atom is -0.375 e. The standard InChI is InChI=1S/C23H37N5O2.HI/c1-2-24-23(25-11-18-30-20-21-9-5-3-6-10-21)28-16-14-26(15-17-28)19-22(29)27-12-7-4-8-13-27;/h3,5-6,9-10H,2,4,7-8,11-20H2,1H3,(H,24,25);1H. The summed E-state index contributed by atoms with van der Waals surface area (Å²) in [5, 5.41) is 3.39. The van der Waals surface area contributed by atoms with Crippen LogP contribution in [0.25, 0.3) is 0 Å². The van der Waals surface area contributed by atoms with E-state index in [0.29, 0.717) is 32.2 Å². The lowest BCUT2D eigenvalue weighted by molar-refractivity contribution is -0.133. The number of likely N-dealkylation sites (tertiary alicyclic amines) is 1. The van der Waals surface area contributed by atoms with Crippen LogP contribution < -0.4 is 5.32 Å². The fourth-order valence-corrected chi connectivity index (χ4v) is 3.96. The van der Waals surface area contributed by atoms with Gasteiger partial charge in [-0.05, 0) is 31.7 Å². The monoisotopic (exact) mass is 543 g/mol. The van der Waals surface area contributed by atoms with Gasteiger partial charge in [-0.1, -0.05) is 30.3 Å². The van der Waals surface area contributed by atoms with E-state index in [0.717, 1.165) is 64.6 Å². The van der Waals surface area contributed by atoms with Crippen LogP contribution in [0, 0.1) is 0 Å². The van der Waals surface area contributed by atoms with Gasteiger partial charge in [0.2, 0.25) is 5.91 Å². The van der Waals surface area contributed by atoms with E-state index in [1.807, 2.05) is 23.1 Å². The van der Waals surface area contributed by atoms with Gasteiger partial charge in [0.15, 0.2) is 5.96 Å². The number of guanidine groups is 1. The number of carbonyl (C=O) groups excluding carboxylic acids is 1. The first-order valence-corrected chi connectivity index (χ1v) is 11.4. The number of ether oxygens (including phenoxy) is 1. The van der Waals surface area contributed by atoms with E-state index in [9.17, 15) is 4.79 Å². The molecule has 2 aliphatic heterocycles. The van der Waals surface area contributed by atoms with Crippen LogP contribution in [-0.2, 0) is 16.1 Å². The number of rotatable bonds is 8. The van der Waals surface area contributed by atoms with Gasteiger partial charge in [0.05, 0.1) is 26.3 Å². The third-order valence-electron chi connectivity index (χ3n) is 5.68. The van der Waals surface area contributed by atoms with Crippen LogP contribution in [0.3, 0.4) is 0 Å². The lowest BCUT2D eigenvalue weighted by Gasteiger charge is -2.37. The zero-order chi connectivity index (χ0) is 21.0. The van der Waals surface area contributed by atoms with Crippen molar-refractivity contribution >= 4 is 35.8 Å². The van der Waals surface area contributed by atoms with Gasteiger partial charge < -0.3 is 19.9 Å². The summed E-state index contributed by atoms with van der Waals surface area (Å²) < 4.78 is 5.75. The maximum atomic E-state index is 12.5. The summed E-state index contributed by atoms with van der Waals surface area (Å²) in [4.78, 5) is 23.9. The molecule has 1 aromatic rings. The quantitative estimate of drug-likeness (QED) is 0.236. The summed E-state index contributed by atoms with van der Waals surface area (Å²) in [5.41, 5.74) is 1.18. The van der Waals surface area contributed by atoms with Crippen molar-refractivity contribution in [2.75, 3.05) is 65.5 Å². The average molecular weight is 543 g/mol. The Morgan fingerprint density at radius 1 is 1.00 bits per heavy atom. The van der Waals surface area contributed by atoms with Crippen molar-refractivity contribution in [1.82, 2.24) is 20.0 Å². The Morgan fingerprint density at radius 2 is 1.71 bits per heavy atom. The molecule has 1 N–H and O–H groups in total. The topological polar surface area (TPSA) is 60.4 Å². The largest absolute Gasteiger partial charge is 0.375 e. The van der Waals surface area contributed by atoms with Crippen LogP contribution in [0.2, 0.25) is 0 Å². The second kappa shape index (κ2) is 14.6. The molecule has 0 unspecified atom stereocenters. The van der Waals surface area contributed by atoms with Crippen LogP contribution in [0.1, 0.15) is 31.7 Å². The number of hydrogen-bond donors (Lipinski definition) is 1. The number of carbonyl (C=O) groups is 1. The smallest absolute Gasteiger partial charge is 0.236 e. The number of nitrogens with zero attached hydrogens (tertiary/aromatic N) is 4. The third-order valence-corrected chi connectivity index (χ3v) is 5.68. The molecular formula is C23H38IN5O2. The van der Waals surface area contributed by atoms with Gasteiger partial charge >= 0.3 is 0 Å². The van der Waals surface area contributed by atoms with Crippen LogP contribution >= 0.6 is 24.0 Å². The highest BCUT2D eigenvalue weighted by Crippen LogP contribution is 2.10. The van der Waals surface area contributed by atoms with E-state index in [4.69, 9.17) is 9.73 Å². The van der Waals surface area contributed by atoms with Crippen molar-refractivity contribution in [2.45, 2.75) is 32.8 Å². The van der Waals surface area contributed by atoms with Crippen molar-refractivity contribution < 1.29 is 9.53 Å². The Bertz CT molecular complexity index is 659. The lowest BCUT2D eigenvalue weighted by Crippen LogP contribution is -2.54. The molecule has 7 nitrogen and oxygen atoms in total. The first-order valence-electron chi connectivity index (χ1n) is 11.4. The van der Waals surface area contributed by atoms with Gasteiger partial charge in [0.25, 0.3) is 0 Å². The van der Waals surface area contributed by atoms with E-state index in [2.05, 4.69) is 34.2 Å². The van der Waals surface area contributed by atoms with Crippen LogP contribution in [0.15, 0.2) is 35.3 Å². The SMILES string of the molecule is CCNC(=NCCOCc1ccccc1)N1CCN(CC(=O)N2CCCCC2)CC1.I. The maximum absolute atomic E-state index is 12.5. The van der Waals surface area contributed by atoms with E-state index < -0.39 is 0 Å². The number of piperidine rings is 1. The summed E-state index contributed by atoms with van der Waals surface area (Å²) in [6, 6.07) is 10.2. The summed E-state index contributed by atoms with van der Waals surface area (Å²) in [5.74, 6) is 1.24. The third kappa shape index (κ3) is 8.94. The van der Waals surface area contributed by atoms with Gasteiger partial charge in [-0.3, -0.25) is 14.7 Å². The number of nitrogens with one attached hydrogen (secondary N) is 1. The minimum atomic E-state index is 0. The molecule has 0 aliphatic carbocycles. The first-order chi connectivity index (χ1) is 14.8. The highest BCUT2D eigenvalue weighted by molar-refractivity contribution is 14.0. The van der Waals surface area contributed by atoms with Crippen LogP contribution in [0.5, 0.6) is 0 Å². The second-order valence-corrected chi connectivity index (χ2v) is 7.98. The Kier molecular flexibility index (Phi) is 12.2. The fraction of sp³-hybridized carbons (Fsp3) is 0.652. The number of halogens is 1. The molecule has 2 heterocycles. The van der Waals surface area contributed by atoms with E-state index in [-0.39, 0.29) is 24.0 Å². The molecule has 174 valence electrons. The molecule has 0 spiro atoms. The van der Waals surface area contributed by atoms with Crippen molar-refractivity contribution in [3.63, 3.8) is 0 Å². The van der Waals surface area contributed by atoms with E-state index in [1.54, 1.807) is 0 Å². The second-order valence-electron chi connectivity index (χ2n) is 7.98. The molecule has 2 aliphatic rings. The first kappa shape index (κ1) is 25.9. The van der Waals surface area contributed by atoms with E-state index in [1.165, 1.54) is 12.0 Å². The Balaban J connectivity index is 0.00000341. The highest BCUT2D eigenvalue weighted by atomic mass is 127. The van der Waals surface area contributed by atoms with Crippen molar-refractivity contribution in [3.05, 3.63) is 35.9 Å². The number of benzene rings is 1. The molecule has 31 heavy (non-hydrogen) atoms. The highest BCUT2D eigenvalue weighted by Gasteiger charge is 2.23. The zero-order valence-electron chi connectivity index (χ0n) is 18.8. The molecule has 0 bridgehead atoms. The molecule has 0 atom stereocenters. The predicted molar refractivity (Wildman–Crippen MR) is 136 cm³/mol. The van der Waals surface area contributed by atoms with Crippen molar-refractivity contribution in [1.29, 1.82) is 0 Å². The summed E-state index contributed by atoms with van der Waals surface area (Å²) in [7, 11) is 0. The number of piperazine rings is 1. The summed E-state index contributed by atoms with van der Waals surface area (Å²) in [6.45, 7) is 10.8. The normalized spacial score (nSPS) is 17.9. The Labute approximate surface area is 204 Å². The minimum absolute atomic E-state index is 0. The molecule has 2 saturated heterocycles. The zero-order valence-corrected chi connectivity index (χ0v) is 21.1. The predicted octanol–water partition coefficient (Wildman–Crippen LogP) is 2.42. The molecule has 8 heteroatoms. The van der Waals surface area contributed by atoms with E-state index >= 15 is 0 Å². The van der Waals surface area contributed by atoms with Gasteiger partial charge in [0, 0.05) is 45.8 Å². The van der Waals surface area contributed by atoms with Gasteiger partial charge in [-0.2, -0.15) is 0 Å². The summed E-state index contributed by atoms with van der Waals surface area (Å²) in [6.07, 6.45) is 3.56.